The van der Waals surface area contributed by atoms with Crippen molar-refractivity contribution in [3.63, 3.8) is 0 Å². The summed E-state index contributed by atoms with van der Waals surface area (Å²) in [7, 11) is 1.57. The summed E-state index contributed by atoms with van der Waals surface area (Å²) in [6.07, 6.45) is 1.74. The van der Waals surface area contributed by atoms with Crippen molar-refractivity contribution in [2.75, 3.05) is 12.4 Å². The molecule has 4 aromatic rings. The van der Waals surface area contributed by atoms with Gasteiger partial charge in [0.15, 0.2) is 0 Å². The van der Waals surface area contributed by atoms with Crippen molar-refractivity contribution in [2.45, 2.75) is 0 Å². The second kappa shape index (κ2) is 6.24. The topological polar surface area (TPSA) is 51.2 Å². The lowest BCUT2D eigenvalue weighted by Gasteiger charge is -2.12. The summed E-state index contributed by atoms with van der Waals surface area (Å²) < 4.78 is 5.43. The fraction of sp³-hybridized carbons (Fsp3) is 0.0476. The first-order valence-electron chi connectivity index (χ1n) is 7.98. The molecule has 0 atom stereocenters. The van der Waals surface area contributed by atoms with Gasteiger partial charge in [0.1, 0.15) is 5.75 Å². The van der Waals surface area contributed by atoms with Crippen LogP contribution in [0, 0.1) is 0 Å². The Morgan fingerprint density at radius 1 is 0.960 bits per heavy atom. The molecule has 0 saturated carbocycles. The maximum Gasteiger partial charge on any atom is 0.259 e. The smallest absolute Gasteiger partial charge is 0.259 e. The molecule has 3 aromatic carbocycles. The molecule has 1 heterocycles. The van der Waals surface area contributed by atoms with Gasteiger partial charge in [-0.05, 0) is 47.2 Å². The number of methoxy groups -OCH3 is 1. The van der Waals surface area contributed by atoms with Crippen LogP contribution in [0.3, 0.4) is 0 Å². The molecule has 1 amide bonds. The van der Waals surface area contributed by atoms with E-state index in [0.717, 1.165) is 27.4 Å². The summed E-state index contributed by atoms with van der Waals surface area (Å²) in [6.45, 7) is 0. The van der Waals surface area contributed by atoms with Crippen molar-refractivity contribution in [2.24, 2.45) is 0 Å². The molecule has 0 saturated heterocycles. The van der Waals surface area contributed by atoms with Gasteiger partial charge in [0.25, 0.3) is 5.91 Å². The van der Waals surface area contributed by atoms with E-state index < -0.39 is 0 Å². The van der Waals surface area contributed by atoms with E-state index in [0.29, 0.717) is 11.3 Å². The van der Waals surface area contributed by atoms with Gasteiger partial charge >= 0.3 is 0 Å². The van der Waals surface area contributed by atoms with Crippen molar-refractivity contribution in [3.05, 3.63) is 78.5 Å². The molecule has 0 bridgehead atoms. The van der Waals surface area contributed by atoms with Crippen LogP contribution in [0.5, 0.6) is 5.75 Å². The fourth-order valence-electron chi connectivity index (χ4n) is 2.97. The number of ether oxygens (including phenoxy) is 1. The molecule has 122 valence electrons. The van der Waals surface area contributed by atoms with Gasteiger partial charge in [-0.25, -0.2) is 0 Å². The number of anilines is 1. The van der Waals surface area contributed by atoms with Crippen LogP contribution >= 0.6 is 0 Å². The summed E-state index contributed by atoms with van der Waals surface area (Å²) in [4.78, 5) is 17.2. The molecular formula is C21H16N2O2. The number of pyridine rings is 1. The molecule has 0 unspecified atom stereocenters. The molecule has 0 aliphatic heterocycles. The molecule has 4 heteroatoms. The van der Waals surface area contributed by atoms with E-state index in [4.69, 9.17) is 4.74 Å². The summed E-state index contributed by atoms with van der Waals surface area (Å²) in [6, 6.07) is 21.1. The Hall–Kier alpha value is -3.40. The molecule has 1 aromatic heterocycles. The first kappa shape index (κ1) is 15.1. The number of hydrogen-bond donors (Lipinski definition) is 1. The van der Waals surface area contributed by atoms with Gasteiger partial charge in [-0.1, -0.05) is 30.3 Å². The van der Waals surface area contributed by atoms with E-state index in [2.05, 4.69) is 10.3 Å². The molecule has 4 nitrogen and oxygen atoms in total. The van der Waals surface area contributed by atoms with Gasteiger partial charge in [0, 0.05) is 11.6 Å². The SMILES string of the molecule is COc1cc2ccccc2cc1C(=O)Nc1cccc2ncccc12. The summed E-state index contributed by atoms with van der Waals surface area (Å²) in [5, 5.41) is 5.91. The van der Waals surface area contributed by atoms with Crippen molar-refractivity contribution in [1.29, 1.82) is 0 Å². The molecule has 0 radical (unpaired) electrons. The van der Waals surface area contributed by atoms with E-state index in [9.17, 15) is 4.79 Å². The molecule has 0 aliphatic rings. The first-order chi connectivity index (χ1) is 12.3. The number of hydrogen-bond acceptors (Lipinski definition) is 3. The van der Waals surface area contributed by atoms with Crippen LogP contribution in [-0.2, 0) is 0 Å². The molecule has 4 rings (SSSR count). The van der Waals surface area contributed by atoms with Gasteiger partial charge in [0.2, 0.25) is 0 Å². The lowest BCUT2D eigenvalue weighted by Crippen LogP contribution is -2.13. The number of aromatic nitrogens is 1. The Labute approximate surface area is 145 Å². The van der Waals surface area contributed by atoms with E-state index in [1.54, 1.807) is 13.3 Å². The van der Waals surface area contributed by atoms with E-state index in [1.807, 2.05) is 66.7 Å². The highest BCUT2D eigenvalue weighted by Gasteiger charge is 2.15. The Balaban J connectivity index is 1.77. The lowest BCUT2D eigenvalue weighted by atomic mass is 10.0. The molecular weight excluding hydrogens is 312 g/mol. The fourth-order valence-corrected chi connectivity index (χ4v) is 2.97. The number of nitrogens with one attached hydrogen (secondary N) is 1. The number of nitrogens with zero attached hydrogens (tertiary/aromatic N) is 1. The third-order valence-corrected chi connectivity index (χ3v) is 4.21. The van der Waals surface area contributed by atoms with Gasteiger partial charge < -0.3 is 10.1 Å². The van der Waals surface area contributed by atoms with Gasteiger partial charge in [-0.15, -0.1) is 0 Å². The van der Waals surface area contributed by atoms with Crippen LogP contribution in [0.2, 0.25) is 0 Å². The highest BCUT2D eigenvalue weighted by Crippen LogP contribution is 2.28. The molecule has 1 N–H and O–H groups in total. The second-order valence-corrected chi connectivity index (χ2v) is 5.73. The zero-order valence-corrected chi connectivity index (χ0v) is 13.7. The van der Waals surface area contributed by atoms with Crippen molar-refractivity contribution >= 4 is 33.3 Å². The molecule has 0 spiro atoms. The number of amides is 1. The predicted octanol–water partition coefficient (Wildman–Crippen LogP) is 4.65. The second-order valence-electron chi connectivity index (χ2n) is 5.73. The van der Waals surface area contributed by atoms with E-state index in [-0.39, 0.29) is 5.91 Å². The Morgan fingerprint density at radius 2 is 1.76 bits per heavy atom. The highest BCUT2D eigenvalue weighted by molar-refractivity contribution is 6.11. The third-order valence-electron chi connectivity index (χ3n) is 4.21. The van der Waals surface area contributed by atoms with Crippen LogP contribution in [0.1, 0.15) is 10.4 Å². The summed E-state index contributed by atoms with van der Waals surface area (Å²) in [5.41, 5.74) is 2.07. The average molecular weight is 328 g/mol. The largest absolute Gasteiger partial charge is 0.496 e. The number of carbonyl (C=O) groups excluding carboxylic acids is 1. The van der Waals surface area contributed by atoms with Crippen LogP contribution in [0.25, 0.3) is 21.7 Å². The van der Waals surface area contributed by atoms with E-state index in [1.165, 1.54) is 0 Å². The number of fused-ring (bicyclic) bond motifs is 2. The molecule has 0 aliphatic carbocycles. The van der Waals surface area contributed by atoms with Gasteiger partial charge in [-0.2, -0.15) is 0 Å². The highest BCUT2D eigenvalue weighted by atomic mass is 16.5. The number of carbonyl (C=O) groups is 1. The quantitative estimate of drug-likeness (QED) is 0.595. The minimum atomic E-state index is -0.209. The summed E-state index contributed by atoms with van der Waals surface area (Å²) in [5.74, 6) is 0.341. The Bertz CT molecular complexity index is 1080. The predicted molar refractivity (Wildman–Crippen MR) is 100 cm³/mol. The van der Waals surface area contributed by atoms with Gasteiger partial charge in [0.05, 0.1) is 23.9 Å². The number of benzene rings is 3. The Morgan fingerprint density at radius 3 is 2.56 bits per heavy atom. The van der Waals surface area contributed by atoms with Crippen LogP contribution in [0.4, 0.5) is 5.69 Å². The van der Waals surface area contributed by atoms with Crippen LogP contribution in [0.15, 0.2) is 72.9 Å². The third kappa shape index (κ3) is 2.78. The molecule has 0 fully saturated rings. The maximum atomic E-state index is 12.9. The van der Waals surface area contributed by atoms with Crippen molar-refractivity contribution in [3.8, 4) is 5.75 Å². The van der Waals surface area contributed by atoms with Crippen molar-refractivity contribution in [1.82, 2.24) is 4.98 Å². The minimum absolute atomic E-state index is 0.209. The normalized spacial score (nSPS) is 10.8. The maximum absolute atomic E-state index is 12.9. The standard InChI is InChI=1S/C21H16N2O2/c1-25-20-13-15-7-3-2-6-14(15)12-17(20)21(24)23-19-10-4-9-18-16(19)8-5-11-22-18/h2-13H,1H3,(H,23,24). The number of rotatable bonds is 3. The lowest BCUT2D eigenvalue weighted by molar-refractivity contribution is 0.102. The first-order valence-corrected chi connectivity index (χ1v) is 7.98. The van der Waals surface area contributed by atoms with Gasteiger partial charge in [-0.3, -0.25) is 9.78 Å². The van der Waals surface area contributed by atoms with Crippen LogP contribution in [-0.4, -0.2) is 18.0 Å². The van der Waals surface area contributed by atoms with E-state index >= 15 is 0 Å². The Kier molecular flexibility index (Phi) is 3.78. The zero-order valence-electron chi connectivity index (χ0n) is 13.7. The summed E-state index contributed by atoms with van der Waals surface area (Å²) >= 11 is 0. The van der Waals surface area contributed by atoms with Crippen molar-refractivity contribution < 1.29 is 9.53 Å². The average Bonchev–Trinajstić information content (AvgIpc) is 2.67. The van der Waals surface area contributed by atoms with Crippen LogP contribution < -0.4 is 10.1 Å². The minimum Gasteiger partial charge on any atom is -0.496 e. The monoisotopic (exact) mass is 328 g/mol. The molecule has 25 heavy (non-hydrogen) atoms. The zero-order chi connectivity index (χ0) is 17.2.